The van der Waals surface area contributed by atoms with Crippen LogP contribution in [0.4, 0.5) is 0 Å². The molecule has 1 aliphatic heterocycles. The summed E-state index contributed by atoms with van der Waals surface area (Å²) in [5, 5.41) is 0. The first-order valence-electron chi connectivity index (χ1n) is 4.95. The molecular formula is C13H11NO2. The maximum atomic E-state index is 11.5. The molecule has 0 N–H and O–H groups in total. The van der Waals surface area contributed by atoms with E-state index in [2.05, 4.69) is 0 Å². The predicted molar refractivity (Wildman–Crippen MR) is 61.3 cm³/mol. The maximum absolute atomic E-state index is 11.5. The number of rotatable bonds is 2. The van der Waals surface area contributed by atoms with Crippen LogP contribution in [0.2, 0.25) is 0 Å². The van der Waals surface area contributed by atoms with E-state index in [0.29, 0.717) is 5.57 Å². The van der Waals surface area contributed by atoms with Gasteiger partial charge >= 0.3 is 0 Å². The zero-order chi connectivity index (χ0) is 11.5. The predicted octanol–water partition coefficient (Wildman–Crippen LogP) is 1.62. The molecule has 0 fully saturated rings. The molecule has 0 unspecified atom stereocenters. The Kier molecular flexibility index (Phi) is 2.68. The molecule has 0 radical (unpaired) electrons. The van der Waals surface area contributed by atoms with Gasteiger partial charge in [-0.15, -0.1) is 0 Å². The van der Waals surface area contributed by atoms with E-state index >= 15 is 0 Å². The molecule has 2 rings (SSSR count). The standard InChI is InChI=1S/C13H11NO2/c1-14-12(15)9-11(13(14)16)8-7-10-5-3-2-4-6-10/h2-9H,1H3/b8-7-. The van der Waals surface area contributed by atoms with E-state index in [1.807, 2.05) is 36.4 Å². The van der Waals surface area contributed by atoms with Crippen LogP contribution in [0.5, 0.6) is 0 Å². The van der Waals surface area contributed by atoms with Gasteiger partial charge in [-0.2, -0.15) is 0 Å². The lowest BCUT2D eigenvalue weighted by Crippen LogP contribution is -2.25. The number of hydrogen-bond acceptors (Lipinski definition) is 2. The van der Waals surface area contributed by atoms with E-state index in [1.165, 1.54) is 13.1 Å². The van der Waals surface area contributed by atoms with E-state index in [4.69, 9.17) is 0 Å². The molecule has 0 aromatic heterocycles. The van der Waals surface area contributed by atoms with Gasteiger partial charge in [0.1, 0.15) is 0 Å². The molecule has 16 heavy (non-hydrogen) atoms. The van der Waals surface area contributed by atoms with Gasteiger partial charge in [-0.05, 0) is 11.6 Å². The quantitative estimate of drug-likeness (QED) is 0.700. The smallest absolute Gasteiger partial charge is 0.260 e. The highest BCUT2D eigenvalue weighted by atomic mass is 16.2. The fourth-order valence-corrected chi connectivity index (χ4v) is 1.45. The Morgan fingerprint density at radius 3 is 2.31 bits per heavy atom. The van der Waals surface area contributed by atoms with Crippen molar-refractivity contribution in [2.24, 2.45) is 0 Å². The molecule has 0 saturated carbocycles. The molecule has 1 aromatic carbocycles. The maximum Gasteiger partial charge on any atom is 0.260 e. The topological polar surface area (TPSA) is 37.4 Å². The zero-order valence-corrected chi connectivity index (χ0v) is 8.88. The fraction of sp³-hybridized carbons (Fsp3) is 0.0769. The molecule has 0 atom stereocenters. The molecule has 1 aliphatic rings. The van der Waals surface area contributed by atoms with Crippen LogP contribution in [0, 0.1) is 0 Å². The van der Waals surface area contributed by atoms with Gasteiger partial charge in [0.15, 0.2) is 0 Å². The number of carbonyl (C=O) groups is 2. The molecule has 2 amide bonds. The van der Waals surface area contributed by atoms with Crippen molar-refractivity contribution < 1.29 is 9.59 Å². The van der Waals surface area contributed by atoms with Crippen molar-refractivity contribution in [2.75, 3.05) is 7.05 Å². The van der Waals surface area contributed by atoms with Gasteiger partial charge in [0.25, 0.3) is 11.8 Å². The highest BCUT2D eigenvalue weighted by molar-refractivity contribution is 6.17. The van der Waals surface area contributed by atoms with Crippen molar-refractivity contribution in [2.45, 2.75) is 0 Å². The summed E-state index contributed by atoms with van der Waals surface area (Å²) >= 11 is 0. The van der Waals surface area contributed by atoms with Crippen molar-refractivity contribution in [3.05, 3.63) is 53.6 Å². The second kappa shape index (κ2) is 4.14. The third kappa shape index (κ3) is 1.93. The van der Waals surface area contributed by atoms with Crippen molar-refractivity contribution >= 4 is 17.9 Å². The molecule has 80 valence electrons. The Hall–Kier alpha value is -2.16. The molecule has 3 heteroatoms. The molecule has 0 aliphatic carbocycles. The van der Waals surface area contributed by atoms with E-state index in [0.717, 1.165) is 10.5 Å². The second-order valence-corrected chi connectivity index (χ2v) is 3.55. The Balaban J connectivity index is 2.18. The van der Waals surface area contributed by atoms with Gasteiger partial charge in [-0.1, -0.05) is 36.4 Å². The summed E-state index contributed by atoms with van der Waals surface area (Å²) in [4.78, 5) is 23.8. The van der Waals surface area contributed by atoms with Gasteiger partial charge in [-0.3, -0.25) is 14.5 Å². The largest absolute Gasteiger partial charge is 0.278 e. The summed E-state index contributed by atoms with van der Waals surface area (Å²) in [5.74, 6) is -0.519. The lowest BCUT2D eigenvalue weighted by Gasteiger charge is -2.04. The number of nitrogens with zero attached hydrogens (tertiary/aromatic N) is 1. The molecule has 1 aromatic rings. The average Bonchev–Trinajstić information content (AvgIpc) is 2.56. The van der Waals surface area contributed by atoms with Crippen LogP contribution >= 0.6 is 0 Å². The van der Waals surface area contributed by atoms with Crippen LogP contribution in [-0.4, -0.2) is 23.8 Å². The van der Waals surface area contributed by atoms with E-state index in [1.54, 1.807) is 6.08 Å². The number of hydrogen-bond donors (Lipinski definition) is 0. The summed E-state index contributed by atoms with van der Waals surface area (Å²) in [6, 6.07) is 9.63. The monoisotopic (exact) mass is 213 g/mol. The van der Waals surface area contributed by atoms with Crippen molar-refractivity contribution in [1.82, 2.24) is 4.90 Å². The highest BCUT2D eigenvalue weighted by Gasteiger charge is 2.25. The first-order chi connectivity index (χ1) is 7.68. The van der Waals surface area contributed by atoms with Crippen LogP contribution in [0.25, 0.3) is 6.08 Å². The van der Waals surface area contributed by atoms with Crippen LogP contribution in [0.3, 0.4) is 0 Å². The minimum Gasteiger partial charge on any atom is -0.278 e. The van der Waals surface area contributed by atoms with E-state index in [-0.39, 0.29) is 11.8 Å². The Bertz CT molecular complexity index is 486. The lowest BCUT2D eigenvalue weighted by atomic mass is 10.1. The number of imide groups is 1. The molecular weight excluding hydrogens is 202 g/mol. The fourth-order valence-electron chi connectivity index (χ4n) is 1.45. The Morgan fingerprint density at radius 1 is 1.06 bits per heavy atom. The summed E-state index contributed by atoms with van der Waals surface area (Å²) in [5.41, 5.74) is 1.43. The highest BCUT2D eigenvalue weighted by Crippen LogP contribution is 2.13. The number of benzene rings is 1. The minimum absolute atomic E-state index is 0.253. The molecule has 0 bridgehead atoms. The molecule has 0 spiro atoms. The van der Waals surface area contributed by atoms with Gasteiger partial charge < -0.3 is 0 Å². The number of amides is 2. The second-order valence-electron chi connectivity index (χ2n) is 3.55. The Labute approximate surface area is 93.7 Å². The van der Waals surface area contributed by atoms with Crippen molar-refractivity contribution in [3.63, 3.8) is 0 Å². The average molecular weight is 213 g/mol. The number of carbonyl (C=O) groups excluding carboxylic acids is 2. The van der Waals surface area contributed by atoms with Gasteiger partial charge in [-0.25, -0.2) is 0 Å². The summed E-state index contributed by atoms with van der Waals surface area (Å²) < 4.78 is 0. The molecule has 3 nitrogen and oxygen atoms in total. The van der Waals surface area contributed by atoms with Crippen LogP contribution in [-0.2, 0) is 9.59 Å². The van der Waals surface area contributed by atoms with Gasteiger partial charge in [0, 0.05) is 18.7 Å². The SMILES string of the molecule is CN1C(=O)C=C(/C=C\c2ccccc2)C1=O. The Morgan fingerprint density at radius 2 is 1.75 bits per heavy atom. The third-order valence-electron chi connectivity index (χ3n) is 2.42. The van der Waals surface area contributed by atoms with E-state index < -0.39 is 0 Å². The summed E-state index contributed by atoms with van der Waals surface area (Å²) in [7, 11) is 1.48. The summed E-state index contributed by atoms with van der Waals surface area (Å²) in [6.07, 6.45) is 4.83. The van der Waals surface area contributed by atoms with Crippen molar-refractivity contribution in [1.29, 1.82) is 0 Å². The van der Waals surface area contributed by atoms with Gasteiger partial charge in [0.2, 0.25) is 0 Å². The summed E-state index contributed by atoms with van der Waals surface area (Å²) in [6.45, 7) is 0. The minimum atomic E-state index is -0.266. The molecule has 1 heterocycles. The normalized spacial score (nSPS) is 16.1. The van der Waals surface area contributed by atoms with Crippen LogP contribution in [0.15, 0.2) is 48.1 Å². The third-order valence-corrected chi connectivity index (χ3v) is 2.42. The molecule has 0 saturated heterocycles. The first kappa shape index (κ1) is 10.4. The van der Waals surface area contributed by atoms with Crippen LogP contribution in [0.1, 0.15) is 5.56 Å². The first-order valence-corrected chi connectivity index (χ1v) is 4.95. The zero-order valence-electron chi connectivity index (χ0n) is 8.88. The van der Waals surface area contributed by atoms with Crippen molar-refractivity contribution in [3.8, 4) is 0 Å². The van der Waals surface area contributed by atoms with Gasteiger partial charge in [0.05, 0.1) is 0 Å². The lowest BCUT2D eigenvalue weighted by molar-refractivity contribution is -0.135. The number of likely N-dealkylation sites (N-methyl/N-ethyl adjacent to an activating group) is 1. The van der Waals surface area contributed by atoms with E-state index in [9.17, 15) is 9.59 Å². The van der Waals surface area contributed by atoms with Crippen LogP contribution < -0.4 is 0 Å².